The molecule has 1 aromatic rings. The van der Waals surface area contributed by atoms with Gasteiger partial charge < -0.3 is 10.0 Å². The molecule has 0 radical (unpaired) electrons. The number of hydrogen-bond acceptors (Lipinski definition) is 3. The van der Waals surface area contributed by atoms with Gasteiger partial charge in [-0.1, -0.05) is 13.3 Å². The lowest BCUT2D eigenvalue weighted by molar-refractivity contribution is -0.153. The van der Waals surface area contributed by atoms with Crippen molar-refractivity contribution in [3.8, 4) is 0 Å². The predicted octanol–water partition coefficient (Wildman–Crippen LogP) is 1.60. The zero-order valence-electron chi connectivity index (χ0n) is 12.9. The molecule has 2 unspecified atom stereocenters. The number of piperidine rings is 1. The van der Waals surface area contributed by atoms with Crippen LogP contribution in [-0.2, 0) is 16.1 Å². The fourth-order valence-electron chi connectivity index (χ4n) is 3.00. The number of nitrogens with zero attached hydrogens (tertiary/aromatic N) is 3. The Morgan fingerprint density at radius 3 is 2.67 bits per heavy atom. The molecule has 1 N–H and O–H groups in total. The number of hydrogen-bond donors (Lipinski definition) is 1. The Balaban J connectivity index is 2.10. The van der Waals surface area contributed by atoms with E-state index in [2.05, 4.69) is 12.0 Å². The molecule has 0 saturated carbocycles. The Bertz CT molecular complexity index is 538. The molecule has 6 nitrogen and oxygen atoms in total. The Hall–Kier alpha value is -1.85. The van der Waals surface area contributed by atoms with Crippen molar-refractivity contribution in [3.05, 3.63) is 17.5 Å². The number of aryl methyl sites for hydroxylation is 2. The van der Waals surface area contributed by atoms with E-state index < -0.39 is 12.0 Å². The van der Waals surface area contributed by atoms with Gasteiger partial charge in [0.1, 0.15) is 12.6 Å². The molecule has 116 valence electrons. The standard InChI is InChI=1S/C15H23N3O3/c1-4-12-5-6-17(13(8-12)15(20)21)14(19)9-18-11(3)7-10(2)16-18/h7,12-13H,4-6,8-9H2,1-3H3,(H,20,21). The molecule has 1 saturated heterocycles. The molecular weight excluding hydrogens is 270 g/mol. The first-order chi connectivity index (χ1) is 9.92. The maximum absolute atomic E-state index is 12.4. The third kappa shape index (κ3) is 3.43. The molecule has 1 amide bonds. The number of amides is 1. The van der Waals surface area contributed by atoms with Crippen LogP contribution in [0.3, 0.4) is 0 Å². The van der Waals surface area contributed by atoms with Crippen LogP contribution < -0.4 is 0 Å². The highest BCUT2D eigenvalue weighted by atomic mass is 16.4. The van der Waals surface area contributed by atoms with E-state index in [-0.39, 0.29) is 12.5 Å². The molecule has 0 spiro atoms. The lowest BCUT2D eigenvalue weighted by Gasteiger charge is -2.37. The number of carbonyl (C=O) groups is 2. The van der Waals surface area contributed by atoms with Gasteiger partial charge in [-0.05, 0) is 38.7 Å². The molecule has 6 heteroatoms. The topological polar surface area (TPSA) is 75.4 Å². The Kier molecular flexibility index (Phi) is 4.65. The van der Waals surface area contributed by atoms with Crippen LogP contribution in [0.25, 0.3) is 0 Å². The molecule has 1 aliphatic heterocycles. The SMILES string of the molecule is CCC1CCN(C(=O)Cn2nc(C)cc2C)C(C(=O)O)C1. The van der Waals surface area contributed by atoms with Gasteiger partial charge in [0, 0.05) is 12.2 Å². The summed E-state index contributed by atoms with van der Waals surface area (Å²) in [7, 11) is 0. The largest absolute Gasteiger partial charge is 0.480 e. The van der Waals surface area contributed by atoms with E-state index in [0.29, 0.717) is 18.9 Å². The lowest BCUT2D eigenvalue weighted by Crippen LogP contribution is -2.51. The van der Waals surface area contributed by atoms with Crippen molar-refractivity contribution >= 4 is 11.9 Å². The van der Waals surface area contributed by atoms with Crippen LogP contribution in [0, 0.1) is 19.8 Å². The van der Waals surface area contributed by atoms with Crippen molar-refractivity contribution in [2.24, 2.45) is 5.92 Å². The van der Waals surface area contributed by atoms with Crippen molar-refractivity contribution < 1.29 is 14.7 Å². The van der Waals surface area contributed by atoms with Crippen LogP contribution in [0.2, 0.25) is 0 Å². The highest BCUT2D eigenvalue weighted by molar-refractivity contribution is 5.83. The van der Waals surface area contributed by atoms with E-state index in [1.54, 1.807) is 4.68 Å². The van der Waals surface area contributed by atoms with Gasteiger partial charge in [-0.15, -0.1) is 0 Å². The second kappa shape index (κ2) is 6.28. The van der Waals surface area contributed by atoms with Crippen LogP contribution in [0.4, 0.5) is 0 Å². The van der Waals surface area contributed by atoms with Crippen LogP contribution in [-0.4, -0.2) is 44.3 Å². The maximum atomic E-state index is 12.4. The van der Waals surface area contributed by atoms with Crippen LogP contribution >= 0.6 is 0 Å². The predicted molar refractivity (Wildman–Crippen MR) is 77.9 cm³/mol. The number of likely N-dealkylation sites (tertiary alicyclic amines) is 1. The lowest BCUT2D eigenvalue weighted by atomic mass is 9.89. The van der Waals surface area contributed by atoms with Crippen LogP contribution in [0.1, 0.15) is 37.6 Å². The first kappa shape index (κ1) is 15.5. The Morgan fingerprint density at radius 1 is 1.43 bits per heavy atom. The van der Waals surface area contributed by atoms with E-state index in [9.17, 15) is 14.7 Å². The van der Waals surface area contributed by atoms with E-state index in [4.69, 9.17) is 0 Å². The third-order valence-electron chi connectivity index (χ3n) is 4.28. The van der Waals surface area contributed by atoms with Gasteiger partial charge in [-0.25, -0.2) is 4.79 Å². The number of aliphatic carboxylic acids is 1. The van der Waals surface area contributed by atoms with E-state index >= 15 is 0 Å². The zero-order chi connectivity index (χ0) is 15.6. The van der Waals surface area contributed by atoms with Gasteiger partial charge in [-0.3, -0.25) is 9.48 Å². The molecule has 21 heavy (non-hydrogen) atoms. The molecule has 0 bridgehead atoms. The minimum atomic E-state index is -0.908. The van der Waals surface area contributed by atoms with Crippen molar-refractivity contribution in [2.75, 3.05) is 6.54 Å². The third-order valence-corrected chi connectivity index (χ3v) is 4.28. The van der Waals surface area contributed by atoms with E-state index in [1.807, 2.05) is 19.9 Å². The Morgan fingerprint density at radius 2 is 2.14 bits per heavy atom. The summed E-state index contributed by atoms with van der Waals surface area (Å²) in [4.78, 5) is 25.4. The van der Waals surface area contributed by atoms with Crippen molar-refractivity contribution in [1.82, 2.24) is 14.7 Å². The summed E-state index contributed by atoms with van der Waals surface area (Å²) in [5.41, 5.74) is 1.77. The number of carboxylic acids is 1. The molecule has 1 fully saturated rings. The quantitative estimate of drug-likeness (QED) is 0.915. The van der Waals surface area contributed by atoms with Gasteiger partial charge in [0.25, 0.3) is 0 Å². The smallest absolute Gasteiger partial charge is 0.326 e. The van der Waals surface area contributed by atoms with Crippen LogP contribution in [0.5, 0.6) is 0 Å². The number of aromatic nitrogens is 2. The summed E-state index contributed by atoms with van der Waals surface area (Å²) in [5, 5.41) is 13.6. The van der Waals surface area contributed by atoms with E-state index in [1.165, 1.54) is 4.90 Å². The molecule has 1 aliphatic rings. The zero-order valence-corrected chi connectivity index (χ0v) is 12.9. The molecular formula is C15H23N3O3. The van der Waals surface area contributed by atoms with E-state index in [0.717, 1.165) is 24.2 Å². The van der Waals surface area contributed by atoms with Crippen molar-refractivity contribution in [3.63, 3.8) is 0 Å². The van der Waals surface area contributed by atoms with Gasteiger partial charge in [0.2, 0.25) is 5.91 Å². The normalized spacial score (nSPS) is 22.3. The minimum Gasteiger partial charge on any atom is -0.480 e. The number of carboxylic acid groups (broad SMARTS) is 1. The van der Waals surface area contributed by atoms with Crippen LogP contribution in [0.15, 0.2) is 6.07 Å². The highest BCUT2D eigenvalue weighted by Crippen LogP contribution is 2.26. The van der Waals surface area contributed by atoms with Crippen molar-refractivity contribution in [1.29, 1.82) is 0 Å². The molecule has 2 rings (SSSR count). The first-order valence-corrected chi connectivity index (χ1v) is 7.45. The summed E-state index contributed by atoms with van der Waals surface area (Å²) in [6.45, 7) is 6.47. The first-order valence-electron chi connectivity index (χ1n) is 7.45. The molecule has 0 aliphatic carbocycles. The van der Waals surface area contributed by atoms with Gasteiger partial charge in [0.15, 0.2) is 0 Å². The second-order valence-corrected chi connectivity index (χ2v) is 5.82. The maximum Gasteiger partial charge on any atom is 0.326 e. The van der Waals surface area contributed by atoms with Gasteiger partial charge in [0.05, 0.1) is 5.69 Å². The fraction of sp³-hybridized carbons (Fsp3) is 0.667. The number of rotatable bonds is 4. The van der Waals surface area contributed by atoms with Gasteiger partial charge >= 0.3 is 5.97 Å². The number of carbonyl (C=O) groups excluding carboxylic acids is 1. The molecule has 2 heterocycles. The molecule has 1 aromatic heterocycles. The summed E-state index contributed by atoms with van der Waals surface area (Å²) in [5.74, 6) is -0.679. The summed E-state index contributed by atoms with van der Waals surface area (Å²) < 4.78 is 1.64. The Labute approximate surface area is 124 Å². The summed E-state index contributed by atoms with van der Waals surface area (Å²) in [6.07, 6.45) is 2.39. The average molecular weight is 293 g/mol. The molecule has 2 atom stereocenters. The second-order valence-electron chi connectivity index (χ2n) is 5.82. The average Bonchev–Trinajstić information content (AvgIpc) is 2.75. The summed E-state index contributed by atoms with van der Waals surface area (Å²) in [6, 6.07) is 1.21. The minimum absolute atomic E-state index is 0.111. The molecule has 0 aromatic carbocycles. The monoisotopic (exact) mass is 293 g/mol. The highest BCUT2D eigenvalue weighted by Gasteiger charge is 2.35. The summed E-state index contributed by atoms with van der Waals surface area (Å²) >= 11 is 0. The van der Waals surface area contributed by atoms with Gasteiger partial charge in [-0.2, -0.15) is 5.10 Å². The van der Waals surface area contributed by atoms with Crippen molar-refractivity contribution in [2.45, 2.75) is 52.6 Å². The fourth-order valence-corrected chi connectivity index (χ4v) is 3.00.